The number of aryl methyl sites for hydroxylation is 3. The molecule has 0 unspecified atom stereocenters. The second kappa shape index (κ2) is 7.59. The van der Waals surface area contributed by atoms with Crippen molar-refractivity contribution in [2.75, 3.05) is 31.1 Å². The van der Waals surface area contributed by atoms with Crippen molar-refractivity contribution in [3.8, 4) is 0 Å². The van der Waals surface area contributed by atoms with Crippen LogP contribution in [-0.2, 0) is 17.6 Å². The molecule has 6 heteroatoms. The number of amides is 1. The van der Waals surface area contributed by atoms with E-state index in [9.17, 15) is 4.79 Å². The summed E-state index contributed by atoms with van der Waals surface area (Å²) in [6, 6.07) is 5.97. The molecule has 3 rings (SSSR count). The quantitative estimate of drug-likeness (QED) is 0.852. The fourth-order valence-electron chi connectivity index (χ4n) is 3.04. The van der Waals surface area contributed by atoms with Gasteiger partial charge in [0.15, 0.2) is 0 Å². The second-order valence-electron chi connectivity index (χ2n) is 6.51. The van der Waals surface area contributed by atoms with Crippen molar-refractivity contribution < 1.29 is 4.79 Å². The second-order valence-corrected chi connectivity index (χ2v) is 6.51. The van der Waals surface area contributed by atoms with Gasteiger partial charge in [-0.2, -0.15) is 0 Å². The number of rotatable bonds is 4. The first-order valence-corrected chi connectivity index (χ1v) is 8.84. The smallest absolute Gasteiger partial charge is 0.228 e. The third-order valence-corrected chi connectivity index (χ3v) is 4.51. The van der Waals surface area contributed by atoms with E-state index in [1.807, 2.05) is 43.1 Å². The molecule has 0 spiro atoms. The molecule has 0 radical (unpaired) electrons. The van der Waals surface area contributed by atoms with Crippen LogP contribution in [0.5, 0.6) is 0 Å². The molecule has 1 fully saturated rings. The first kappa shape index (κ1) is 17.3. The Balaban J connectivity index is 1.56. The Morgan fingerprint density at radius 1 is 1.08 bits per heavy atom. The van der Waals surface area contributed by atoms with E-state index in [0.717, 1.165) is 42.5 Å². The summed E-state index contributed by atoms with van der Waals surface area (Å²) in [7, 11) is 0. The molecule has 2 aromatic heterocycles. The fourth-order valence-corrected chi connectivity index (χ4v) is 3.04. The summed E-state index contributed by atoms with van der Waals surface area (Å²) >= 11 is 0. The summed E-state index contributed by atoms with van der Waals surface area (Å²) in [5.41, 5.74) is 3.98. The van der Waals surface area contributed by atoms with Gasteiger partial charge in [-0.05, 0) is 38.0 Å². The zero-order valence-corrected chi connectivity index (χ0v) is 15.2. The van der Waals surface area contributed by atoms with Crippen LogP contribution in [0.25, 0.3) is 0 Å². The number of carbonyl (C=O) groups is 1. The minimum atomic E-state index is 0.137. The lowest BCUT2D eigenvalue weighted by Crippen LogP contribution is -2.49. The number of pyridine rings is 1. The molecule has 0 saturated carbocycles. The highest BCUT2D eigenvalue weighted by Crippen LogP contribution is 2.14. The zero-order valence-electron chi connectivity index (χ0n) is 15.2. The van der Waals surface area contributed by atoms with Crippen LogP contribution in [0.3, 0.4) is 0 Å². The van der Waals surface area contributed by atoms with E-state index in [-0.39, 0.29) is 5.91 Å². The normalized spacial score (nSPS) is 14.7. The summed E-state index contributed by atoms with van der Waals surface area (Å²) < 4.78 is 0. The summed E-state index contributed by atoms with van der Waals surface area (Å²) in [4.78, 5) is 30.0. The minimum absolute atomic E-state index is 0.137. The first-order chi connectivity index (χ1) is 12.0. The summed E-state index contributed by atoms with van der Waals surface area (Å²) in [6.07, 6.45) is 3.19. The van der Waals surface area contributed by atoms with Gasteiger partial charge >= 0.3 is 0 Å². The number of anilines is 1. The number of hydrogen-bond donors (Lipinski definition) is 0. The van der Waals surface area contributed by atoms with Crippen LogP contribution >= 0.6 is 0 Å². The summed E-state index contributed by atoms with van der Waals surface area (Å²) in [6.45, 7) is 8.97. The highest BCUT2D eigenvalue weighted by molar-refractivity contribution is 5.78. The van der Waals surface area contributed by atoms with E-state index in [2.05, 4.69) is 26.8 Å². The topological polar surface area (TPSA) is 62.2 Å². The van der Waals surface area contributed by atoms with Crippen molar-refractivity contribution in [2.45, 2.75) is 33.6 Å². The van der Waals surface area contributed by atoms with Crippen LogP contribution < -0.4 is 4.90 Å². The lowest BCUT2D eigenvalue weighted by Gasteiger charge is -2.35. The summed E-state index contributed by atoms with van der Waals surface area (Å²) in [5.74, 6) is 0.902. The van der Waals surface area contributed by atoms with Crippen LogP contribution in [0.4, 0.5) is 5.95 Å². The third-order valence-electron chi connectivity index (χ3n) is 4.51. The molecule has 1 aliphatic rings. The predicted octanol–water partition coefficient (Wildman–Crippen LogP) is 1.94. The molecule has 0 bridgehead atoms. The number of nitrogens with zero attached hydrogens (tertiary/aromatic N) is 5. The monoisotopic (exact) mass is 339 g/mol. The Bertz CT molecular complexity index is 716. The Hall–Kier alpha value is -2.50. The van der Waals surface area contributed by atoms with Gasteiger partial charge in [0.05, 0.1) is 6.42 Å². The maximum absolute atomic E-state index is 12.5. The predicted molar refractivity (Wildman–Crippen MR) is 97.6 cm³/mol. The first-order valence-electron chi connectivity index (χ1n) is 8.84. The Labute approximate surface area is 148 Å². The van der Waals surface area contributed by atoms with Crippen molar-refractivity contribution in [3.63, 3.8) is 0 Å². The minimum Gasteiger partial charge on any atom is -0.339 e. The molecule has 0 atom stereocenters. The lowest BCUT2D eigenvalue weighted by molar-refractivity contribution is -0.130. The van der Waals surface area contributed by atoms with Gasteiger partial charge in [0.1, 0.15) is 0 Å². The number of carbonyl (C=O) groups excluding carboxylic acids is 1. The molecular weight excluding hydrogens is 314 g/mol. The van der Waals surface area contributed by atoms with E-state index < -0.39 is 0 Å². The van der Waals surface area contributed by atoms with Crippen LogP contribution in [0, 0.1) is 13.8 Å². The fraction of sp³-hybridized carbons (Fsp3) is 0.474. The van der Waals surface area contributed by atoms with Gasteiger partial charge in [-0.15, -0.1) is 0 Å². The van der Waals surface area contributed by atoms with Crippen LogP contribution in [0.15, 0.2) is 24.4 Å². The van der Waals surface area contributed by atoms with Gasteiger partial charge in [-0.1, -0.05) is 13.0 Å². The molecule has 3 heterocycles. The van der Waals surface area contributed by atoms with Crippen molar-refractivity contribution in [1.29, 1.82) is 0 Å². The average Bonchev–Trinajstić information content (AvgIpc) is 2.61. The lowest BCUT2D eigenvalue weighted by atomic mass is 10.2. The molecule has 6 nitrogen and oxygen atoms in total. The molecular formula is C19H25N5O. The largest absolute Gasteiger partial charge is 0.339 e. The average molecular weight is 339 g/mol. The summed E-state index contributed by atoms with van der Waals surface area (Å²) in [5, 5.41) is 0. The molecule has 1 amide bonds. The van der Waals surface area contributed by atoms with Crippen LogP contribution in [-0.4, -0.2) is 51.9 Å². The van der Waals surface area contributed by atoms with E-state index in [1.165, 1.54) is 5.56 Å². The van der Waals surface area contributed by atoms with E-state index >= 15 is 0 Å². The third kappa shape index (κ3) is 4.32. The Morgan fingerprint density at radius 2 is 1.76 bits per heavy atom. The van der Waals surface area contributed by atoms with Crippen molar-refractivity contribution in [2.24, 2.45) is 0 Å². The molecule has 132 valence electrons. The van der Waals surface area contributed by atoms with Crippen molar-refractivity contribution in [1.82, 2.24) is 19.9 Å². The zero-order chi connectivity index (χ0) is 17.8. The molecule has 0 N–H and O–H groups in total. The van der Waals surface area contributed by atoms with Gasteiger partial charge in [-0.3, -0.25) is 9.78 Å². The van der Waals surface area contributed by atoms with Gasteiger partial charge in [0, 0.05) is 49.5 Å². The number of hydrogen-bond acceptors (Lipinski definition) is 5. The molecule has 1 saturated heterocycles. The number of aromatic nitrogens is 3. The maximum Gasteiger partial charge on any atom is 0.228 e. The van der Waals surface area contributed by atoms with Crippen molar-refractivity contribution >= 4 is 11.9 Å². The SMILES string of the molecule is CCc1ccc(CC(=O)N2CCN(c3nc(C)cc(C)n3)CC2)nc1. The highest BCUT2D eigenvalue weighted by atomic mass is 16.2. The molecule has 0 aliphatic carbocycles. The molecule has 1 aliphatic heterocycles. The van der Waals surface area contributed by atoms with E-state index in [1.54, 1.807) is 0 Å². The Kier molecular flexibility index (Phi) is 5.26. The van der Waals surface area contributed by atoms with Crippen LogP contribution in [0.1, 0.15) is 29.6 Å². The van der Waals surface area contributed by atoms with Gasteiger partial charge in [-0.25, -0.2) is 9.97 Å². The standard InChI is InChI=1S/C19H25N5O/c1-4-16-5-6-17(20-13-16)12-18(25)23-7-9-24(10-8-23)19-21-14(2)11-15(3)22-19/h5-6,11,13H,4,7-10,12H2,1-3H3. The van der Waals surface area contributed by atoms with Crippen LogP contribution in [0.2, 0.25) is 0 Å². The number of piperazine rings is 1. The van der Waals surface area contributed by atoms with E-state index in [0.29, 0.717) is 19.5 Å². The Morgan fingerprint density at radius 3 is 2.32 bits per heavy atom. The molecule has 25 heavy (non-hydrogen) atoms. The highest BCUT2D eigenvalue weighted by Gasteiger charge is 2.23. The maximum atomic E-state index is 12.5. The van der Waals surface area contributed by atoms with Gasteiger partial charge in [0.25, 0.3) is 0 Å². The van der Waals surface area contributed by atoms with Gasteiger partial charge < -0.3 is 9.80 Å². The van der Waals surface area contributed by atoms with Gasteiger partial charge in [0.2, 0.25) is 11.9 Å². The van der Waals surface area contributed by atoms with Crippen molar-refractivity contribution in [3.05, 3.63) is 47.0 Å². The van der Waals surface area contributed by atoms with E-state index in [4.69, 9.17) is 0 Å². The molecule has 2 aromatic rings. The molecule has 0 aromatic carbocycles.